The summed E-state index contributed by atoms with van der Waals surface area (Å²) in [7, 11) is 0. The summed E-state index contributed by atoms with van der Waals surface area (Å²) in [6.07, 6.45) is -1.67. The molecule has 2 aliphatic heterocycles. The number of ether oxygens (including phenoxy) is 3. The number of aliphatic hydroxyl groups is 1. The summed E-state index contributed by atoms with van der Waals surface area (Å²) in [5, 5.41) is 10.4. The number of H-pyrrole nitrogens is 1. The van der Waals surface area contributed by atoms with E-state index in [1.54, 1.807) is 6.07 Å². The van der Waals surface area contributed by atoms with Crippen LogP contribution in [0.3, 0.4) is 0 Å². The first kappa shape index (κ1) is 22.3. The van der Waals surface area contributed by atoms with Crippen LogP contribution in [0, 0.1) is 3.57 Å². The number of rotatable bonds is 5. The predicted molar refractivity (Wildman–Crippen MR) is 124 cm³/mol. The van der Waals surface area contributed by atoms with Crippen LogP contribution in [-0.4, -0.2) is 63.4 Å². The van der Waals surface area contributed by atoms with Crippen molar-refractivity contribution >= 4 is 28.5 Å². The number of imidazole rings is 1. The standard InChI is InChI=1S/C24H19BClIN3O4/c25-27-15-7-5-13(6-8-15)12-1-3-14(4-2-12)20-16(26)9-17-23(29-20)30-24(28-17)34-19-11-33-21-18(31)10-32-22(19)21/h1-9,18-19,21-22,31H,10-11H2,(H,28,29,30)/q-1/t18-,19-,21-,22-/m1/s1. The van der Waals surface area contributed by atoms with Crippen LogP contribution in [0.5, 0.6) is 6.01 Å². The Balaban J connectivity index is 1.24. The Bertz CT molecular complexity index is 1330. The van der Waals surface area contributed by atoms with Crippen LogP contribution in [0.25, 0.3) is 33.5 Å². The Morgan fingerprint density at radius 2 is 1.65 bits per heavy atom. The number of pyridine rings is 1. The fraction of sp³-hybridized carbons (Fsp3) is 0.250. The number of aromatic nitrogens is 3. The number of hydrogen-bond acceptors (Lipinski definition) is 6. The Morgan fingerprint density at radius 1 is 0.971 bits per heavy atom. The third-order valence-corrected chi connectivity index (χ3v) is 7.84. The van der Waals surface area contributed by atoms with Crippen molar-refractivity contribution in [3.63, 3.8) is 0 Å². The third-order valence-electron chi connectivity index (χ3n) is 6.11. The number of nitrogens with one attached hydrogen (secondary N) is 1. The van der Waals surface area contributed by atoms with Crippen molar-refractivity contribution in [2.24, 2.45) is 0 Å². The normalized spacial score (nSPS) is 24.1. The number of aliphatic hydroxyl groups excluding tert-OH is 1. The minimum absolute atomic E-state index is 0.245. The van der Waals surface area contributed by atoms with Crippen molar-refractivity contribution in [1.82, 2.24) is 15.0 Å². The van der Waals surface area contributed by atoms with Crippen molar-refractivity contribution in [1.29, 1.82) is 0 Å². The van der Waals surface area contributed by atoms with Crippen molar-refractivity contribution < 1.29 is 40.3 Å². The summed E-state index contributed by atoms with van der Waals surface area (Å²) >= 11 is 6.17. The van der Waals surface area contributed by atoms with Gasteiger partial charge in [-0.05, 0) is 0 Å². The van der Waals surface area contributed by atoms with Crippen LogP contribution in [0.15, 0.2) is 54.6 Å². The second-order valence-corrected chi connectivity index (χ2v) is 10.5. The van der Waals surface area contributed by atoms with Crippen molar-refractivity contribution in [3.8, 4) is 28.4 Å². The molecule has 0 unspecified atom stereocenters. The maximum atomic E-state index is 9.91. The van der Waals surface area contributed by atoms with Gasteiger partial charge in [0.15, 0.2) is 6.10 Å². The van der Waals surface area contributed by atoms with E-state index in [0.717, 1.165) is 16.7 Å². The molecule has 0 bridgehead atoms. The van der Waals surface area contributed by atoms with Crippen LogP contribution in [0.4, 0.5) is 0 Å². The van der Waals surface area contributed by atoms with Crippen molar-refractivity contribution in [3.05, 3.63) is 63.2 Å². The fourth-order valence-corrected chi connectivity index (χ4v) is 5.41. The van der Waals surface area contributed by atoms with E-state index in [4.69, 9.17) is 31.5 Å². The molecule has 172 valence electrons. The zero-order valence-corrected chi connectivity index (χ0v) is 20.7. The maximum absolute atomic E-state index is 9.91. The summed E-state index contributed by atoms with van der Waals surface area (Å²) in [6, 6.07) is 18.6. The van der Waals surface area contributed by atoms with Gasteiger partial charge in [-0.2, -0.15) is 0 Å². The first-order valence-electron chi connectivity index (χ1n) is 10.8. The second-order valence-electron chi connectivity index (χ2n) is 8.24. The van der Waals surface area contributed by atoms with Crippen LogP contribution in [0.2, 0.25) is 5.02 Å². The SMILES string of the molecule is [B][I-]c1ccc(-c2ccc(-c3nc4nc(O[C@@H]5CO[C@H]6[C@@H]5OC[C@H]6O)[nH]c4cc3Cl)cc2)cc1. The fourth-order valence-electron chi connectivity index (χ4n) is 4.38. The number of aromatic amines is 1. The molecule has 7 nitrogen and oxygen atoms in total. The molecule has 0 saturated carbocycles. The van der Waals surface area contributed by atoms with Gasteiger partial charge in [0.05, 0.1) is 13.2 Å². The van der Waals surface area contributed by atoms with E-state index < -0.39 is 27.1 Å². The van der Waals surface area contributed by atoms with Gasteiger partial charge in [-0.3, -0.25) is 0 Å². The number of hydrogen-bond donors (Lipinski definition) is 2. The molecule has 2 aromatic heterocycles. The number of halogens is 2. The number of fused-ring (bicyclic) bond motifs is 2. The molecule has 2 radical (unpaired) electrons. The molecule has 2 N–H and O–H groups in total. The third kappa shape index (κ3) is 4.09. The summed E-state index contributed by atoms with van der Waals surface area (Å²) in [6.45, 7) is 0.570. The Hall–Kier alpha value is -2.18. The van der Waals surface area contributed by atoms with E-state index in [2.05, 4.69) is 51.4 Å². The molecule has 10 heteroatoms. The van der Waals surface area contributed by atoms with Gasteiger partial charge in [0.1, 0.15) is 18.3 Å². The van der Waals surface area contributed by atoms with Gasteiger partial charge in [-0.15, -0.1) is 0 Å². The molecule has 2 fully saturated rings. The Labute approximate surface area is 212 Å². The Kier molecular flexibility index (Phi) is 5.98. The van der Waals surface area contributed by atoms with Gasteiger partial charge >= 0.3 is 145 Å². The zero-order chi connectivity index (χ0) is 23.2. The molecule has 2 saturated heterocycles. The van der Waals surface area contributed by atoms with E-state index in [1.165, 1.54) is 3.57 Å². The second kappa shape index (κ2) is 9.12. The summed E-state index contributed by atoms with van der Waals surface area (Å²) in [5.74, 6) is 0. The molecule has 6 rings (SSSR count). The molecule has 0 spiro atoms. The monoisotopic (exact) mass is 586 g/mol. The number of nitrogens with zero attached hydrogens (tertiary/aromatic N) is 2. The molecule has 4 heterocycles. The van der Waals surface area contributed by atoms with Crippen LogP contribution in [0.1, 0.15) is 0 Å². The van der Waals surface area contributed by atoms with Gasteiger partial charge in [-0.1, -0.05) is 0 Å². The van der Waals surface area contributed by atoms with E-state index in [0.29, 0.717) is 34.5 Å². The van der Waals surface area contributed by atoms with Gasteiger partial charge < -0.3 is 24.3 Å². The average Bonchev–Trinajstić information content (AvgIpc) is 3.55. The molecule has 2 aromatic carbocycles. The molecule has 4 aromatic rings. The molecule has 0 amide bonds. The topological polar surface area (TPSA) is 89.5 Å². The van der Waals surface area contributed by atoms with Gasteiger partial charge in [0.25, 0.3) is 6.01 Å². The molecule has 2 aliphatic rings. The van der Waals surface area contributed by atoms with E-state index in [-0.39, 0.29) is 24.9 Å². The van der Waals surface area contributed by atoms with Gasteiger partial charge in [-0.25, -0.2) is 0 Å². The van der Waals surface area contributed by atoms with E-state index in [1.807, 2.05) is 12.1 Å². The zero-order valence-electron chi connectivity index (χ0n) is 17.8. The average molecular weight is 587 g/mol. The molecular formula is C24H19BClIN3O4-. The molecule has 34 heavy (non-hydrogen) atoms. The quantitative estimate of drug-likeness (QED) is 0.257. The first-order chi connectivity index (χ1) is 16.6. The summed E-state index contributed by atoms with van der Waals surface area (Å²) < 4.78 is 18.4. The predicted octanol–water partition coefficient (Wildman–Crippen LogP) is 0.193. The molecule has 4 atom stereocenters. The van der Waals surface area contributed by atoms with Gasteiger partial charge in [0.2, 0.25) is 0 Å². The van der Waals surface area contributed by atoms with E-state index in [9.17, 15) is 5.11 Å². The summed E-state index contributed by atoms with van der Waals surface area (Å²) in [5.41, 5.74) is 10.8. The first-order valence-corrected chi connectivity index (χ1v) is 13.5. The van der Waals surface area contributed by atoms with Crippen molar-refractivity contribution in [2.45, 2.75) is 24.4 Å². The number of benzene rings is 2. The molecule has 0 aliphatic carbocycles. The van der Waals surface area contributed by atoms with Crippen LogP contribution < -0.4 is 25.7 Å². The van der Waals surface area contributed by atoms with Crippen LogP contribution in [-0.2, 0) is 9.47 Å². The summed E-state index contributed by atoms with van der Waals surface area (Å²) in [4.78, 5) is 12.3. The minimum atomic E-state index is -0.629. The van der Waals surface area contributed by atoms with Crippen LogP contribution >= 0.6 is 11.6 Å². The van der Waals surface area contributed by atoms with Crippen molar-refractivity contribution in [2.75, 3.05) is 13.2 Å². The van der Waals surface area contributed by atoms with Gasteiger partial charge in [0, 0.05) is 0 Å². The Morgan fingerprint density at radius 3 is 2.38 bits per heavy atom. The molecular weight excluding hydrogens is 567 g/mol. The van der Waals surface area contributed by atoms with E-state index >= 15 is 0 Å².